The van der Waals surface area contributed by atoms with Crippen molar-refractivity contribution >= 4 is 34.3 Å². The van der Waals surface area contributed by atoms with E-state index in [0.717, 1.165) is 52.9 Å². The number of hydrogen-bond donors (Lipinski definition) is 1. The Hall–Kier alpha value is -2.73. The number of aromatic nitrogens is 1. The normalized spacial score (nSPS) is 16.6. The van der Waals surface area contributed by atoms with Crippen LogP contribution >= 0.6 is 11.8 Å². The Morgan fingerprint density at radius 1 is 1.07 bits per heavy atom. The molecule has 28 heavy (non-hydrogen) atoms. The summed E-state index contributed by atoms with van der Waals surface area (Å²) in [7, 11) is 0. The van der Waals surface area contributed by atoms with Gasteiger partial charge >= 0.3 is 0 Å². The van der Waals surface area contributed by atoms with E-state index in [1.165, 1.54) is 11.8 Å². The third kappa shape index (κ3) is 3.29. The van der Waals surface area contributed by atoms with Crippen LogP contribution in [0.2, 0.25) is 0 Å². The molecule has 5 nitrogen and oxygen atoms in total. The van der Waals surface area contributed by atoms with Crippen molar-refractivity contribution in [1.29, 1.82) is 0 Å². The van der Waals surface area contributed by atoms with Gasteiger partial charge in [0, 0.05) is 41.1 Å². The summed E-state index contributed by atoms with van der Waals surface area (Å²) in [6.07, 6.45) is 5.86. The maximum Gasteiger partial charge on any atom is 0.251 e. The summed E-state index contributed by atoms with van der Waals surface area (Å²) in [5.41, 5.74) is 1.66. The number of carbonyl (C=O) groups is 1. The topological polar surface area (TPSA) is 60.5 Å². The molecule has 2 heterocycles. The lowest BCUT2D eigenvalue weighted by molar-refractivity contribution is -0.113. The van der Waals surface area contributed by atoms with Crippen molar-refractivity contribution in [3.63, 3.8) is 0 Å². The van der Waals surface area contributed by atoms with Crippen LogP contribution in [-0.4, -0.2) is 22.4 Å². The Morgan fingerprint density at radius 2 is 1.89 bits per heavy atom. The van der Waals surface area contributed by atoms with Gasteiger partial charge in [0.1, 0.15) is 0 Å². The summed E-state index contributed by atoms with van der Waals surface area (Å²) in [6, 6.07) is 15.5. The Labute approximate surface area is 167 Å². The largest absolute Gasteiger partial charge is 0.448 e. The highest BCUT2D eigenvalue weighted by Gasteiger charge is 2.44. The minimum atomic E-state index is -0.483. The van der Waals surface area contributed by atoms with Crippen LogP contribution in [0.15, 0.2) is 59.6 Å². The van der Waals surface area contributed by atoms with Gasteiger partial charge in [0.15, 0.2) is 11.5 Å². The molecule has 5 rings (SSSR count). The van der Waals surface area contributed by atoms with E-state index in [1.54, 1.807) is 6.20 Å². The highest BCUT2D eigenvalue weighted by atomic mass is 32.2. The number of fused-ring (bicyclic) bond motifs is 2. The molecule has 1 aromatic heterocycles. The molecule has 1 aliphatic heterocycles. The predicted octanol–water partition coefficient (Wildman–Crippen LogP) is 5.01. The highest BCUT2D eigenvalue weighted by Crippen LogP contribution is 2.47. The van der Waals surface area contributed by atoms with Crippen LogP contribution in [0.25, 0.3) is 10.9 Å². The smallest absolute Gasteiger partial charge is 0.251 e. The molecular formula is C22H20N2O3S. The Balaban J connectivity index is 1.24. The first-order chi connectivity index (χ1) is 13.7. The van der Waals surface area contributed by atoms with Gasteiger partial charge in [-0.3, -0.25) is 9.78 Å². The van der Waals surface area contributed by atoms with Crippen molar-refractivity contribution in [2.75, 3.05) is 11.1 Å². The average Bonchev–Trinajstić information content (AvgIpc) is 3.31. The summed E-state index contributed by atoms with van der Waals surface area (Å²) >= 11 is 1.51. The van der Waals surface area contributed by atoms with Crippen LogP contribution in [0.3, 0.4) is 0 Å². The minimum Gasteiger partial charge on any atom is -0.448 e. The Morgan fingerprint density at radius 3 is 2.79 bits per heavy atom. The number of nitrogens with zero attached hydrogens (tertiary/aromatic N) is 1. The van der Waals surface area contributed by atoms with Gasteiger partial charge in [-0.2, -0.15) is 0 Å². The summed E-state index contributed by atoms with van der Waals surface area (Å²) in [6.45, 7) is 0. The van der Waals surface area contributed by atoms with Gasteiger partial charge in [0.2, 0.25) is 5.91 Å². The molecule has 1 saturated carbocycles. The number of anilines is 1. The number of benzene rings is 2. The molecule has 1 spiro atoms. The van der Waals surface area contributed by atoms with Gasteiger partial charge in [-0.05, 0) is 37.1 Å². The van der Waals surface area contributed by atoms with Crippen LogP contribution in [0.1, 0.15) is 25.7 Å². The zero-order valence-electron chi connectivity index (χ0n) is 15.3. The molecule has 1 fully saturated rings. The summed E-state index contributed by atoms with van der Waals surface area (Å²) in [4.78, 5) is 17.9. The first kappa shape index (κ1) is 17.4. The predicted molar refractivity (Wildman–Crippen MR) is 110 cm³/mol. The molecule has 3 aromatic rings. The number of ether oxygens (including phenoxy) is 2. The number of amides is 1. The van der Waals surface area contributed by atoms with Crippen molar-refractivity contribution < 1.29 is 14.3 Å². The molecule has 1 amide bonds. The second kappa shape index (κ2) is 7.02. The Bertz CT molecular complexity index is 1040. The fourth-order valence-corrected chi connectivity index (χ4v) is 4.67. The third-order valence-electron chi connectivity index (χ3n) is 5.15. The molecular weight excluding hydrogens is 372 g/mol. The molecule has 0 saturated heterocycles. The molecule has 142 valence electrons. The van der Waals surface area contributed by atoms with Crippen LogP contribution < -0.4 is 14.8 Å². The summed E-state index contributed by atoms with van der Waals surface area (Å²) < 4.78 is 12.1. The van der Waals surface area contributed by atoms with Crippen molar-refractivity contribution in [2.45, 2.75) is 36.4 Å². The van der Waals surface area contributed by atoms with Gasteiger partial charge in [0.05, 0.1) is 11.3 Å². The quantitative estimate of drug-likeness (QED) is 0.633. The monoisotopic (exact) mass is 392 g/mol. The highest BCUT2D eigenvalue weighted by molar-refractivity contribution is 8.00. The van der Waals surface area contributed by atoms with Crippen LogP contribution in [0.5, 0.6) is 11.5 Å². The lowest BCUT2D eigenvalue weighted by Gasteiger charge is -2.21. The first-order valence-electron chi connectivity index (χ1n) is 9.49. The molecule has 2 aliphatic rings. The first-order valence-corrected chi connectivity index (χ1v) is 10.5. The lowest BCUT2D eigenvalue weighted by atomic mass is 10.2. The zero-order valence-corrected chi connectivity index (χ0v) is 16.1. The number of carbonyl (C=O) groups excluding carboxylic acids is 1. The summed E-state index contributed by atoms with van der Waals surface area (Å²) in [5, 5.41) is 4.02. The van der Waals surface area contributed by atoms with E-state index in [-0.39, 0.29) is 5.91 Å². The number of para-hydroxylation sites is 1. The van der Waals surface area contributed by atoms with Crippen molar-refractivity contribution in [1.82, 2.24) is 4.98 Å². The molecule has 1 aliphatic carbocycles. The van der Waals surface area contributed by atoms with Crippen LogP contribution in [0, 0.1) is 0 Å². The van der Waals surface area contributed by atoms with Crippen molar-refractivity contribution in [2.24, 2.45) is 0 Å². The van der Waals surface area contributed by atoms with E-state index >= 15 is 0 Å². The van der Waals surface area contributed by atoms with Gasteiger partial charge < -0.3 is 14.8 Å². The van der Waals surface area contributed by atoms with Gasteiger partial charge in [0.25, 0.3) is 5.79 Å². The van der Waals surface area contributed by atoms with Crippen molar-refractivity contribution in [3.05, 3.63) is 54.7 Å². The van der Waals surface area contributed by atoms with E-state index in [2.05, 4.69) is 10.3 Å². The molecule has 1 N–H and O–H groups in total. The maximum atomic E-state index is 12.5. The fraction of sp³-hybridized carbons (Fsp3) is 0.273. The maximum absolute atomic E-state index is 12.5. The Kier molecular flexibility index (Phi) is 4.36. The number of pyridine rings is 1. The van der Waals surface area contributed by atoms with Gasteiger partial charge in [-0.1, -0.05) is 18.2 Å². The van der Waals surface area contributed by atoms with E-state index in [9.17, 15) is 4.79 Å². The average molecular weight is 392 g/mol. The third-order valence-corrected chi connectivity index (χ3v) is 6.23. The lowest BCUT2D eigenvalue weighted by Crippen LogP contribution is -2.34. The molecule has 0 atom stereocenters. The SMILES string of the molecule is O=C(CSc1ccnc2ccccc12)Nc1ccc2c(c1)OC1(CCCC1)O2. The number of nitrogens with one attached hydrogen (secondary N) is 1. The fourth-order valence-electron chi connectivity index (χ4n) is 3.83. The molecule has 6 heteroatoms. The molecule has 0 radical (unpaired) electrons. The zero-order chi connectivity index (χ0) is 19.0. The van der Waals surface area contributed by atoms with E-state index < -0.39 is 5.79 Å². The second-order valence-electron chi connectivity index (χ2n) is 7.15. The van der Waals surface area contributed by atoms with E-state index in [4.69, 9.17) is 9.47 Å². The van der Waals surface area contributed by atoms with Gasteiger partial charge in [-0.25, -0.2) is 0 Å². The number of thioether (sulfide) groups is 1. The standard InChI is InChI=1S/C22H20N2O3S/c25-21(14-28-20-9-12-23-17-6-2-1-5-16(17)20)24-15-7-8-18-19(13-15)27-22(26-18)10-3-4-11-22/h1-2,5-9,12-13H,3-4,10-11,14H2,(H,24,25). The molecule has 2 aromatic carbocycles. The minimum absolute atomic E-state index is 0.0552. The molecule has 0 bridgehead atoms. The van der Waals surface area contributed by atoms with Crippen LogP contribution in [0.4, 0.5) is 5.69 Å². The van der Waals surface area contributed by atoms with Crippen molar-refractivity contribution in [3.8, 4) is 11.5 Å². The van der Waals surface area contributed by atoms with E-state index in [0.29, 0.717) is 11.5 Å². The number of hydrogen-bond acceptors (Lipinski definition) is 5. The van der Waals surface area contributed by atoms with Crippen LogP contribution in [-0.2, 0) is 4.79 Å². The summed E-state index contributed by atoms with van der Waals surface area (Å²) in [5.74, 6) is 1.26. The molecule has 0 unspecified atom stereocenters. The second-order valence-corrected chi connectivity index (χ2v) is 8.16. The number of rotatable bonds is 4. The van der Waals surface area contributed by atoms with E-state index in [1.807, 2.05) is 48.5 Å². The van der Waals surface area contributed by atoms with Gasteiger partial charge in [-0.15, -0.1) is 11.8 Å².